The van der Waals surface area contributed by atoms with Gasteiger partial charge in [0, 0.05) is 24.7 Å². The average molecular weight is 355 g/mol. The second-order valence-corrected chi connectivity index (χ2v) is 8.68. The summed E-state index contributed by atoms with van der Waals surface area (Å²) in [5.74, 6) is 0.317. The molecule has 2 heterocycles. The first-order valence-electron chi connectivity index (χ1n) is 8.63. The Morgan fingerprint density at radius 1 is 1.33 bits per heavy atom. The quantitative estimate of drug-likeness (QED) is 0.860. The Morgan fingerprint density at radius 2 is 2.08 bits per heavy atom. The molecular formula is C16H25N3O4S. The lowest BCUT2D eigenvalue weighted by atomic mass is 9.96. The Kier molecular flexibility index (Phi) is 4.96. The van der Waals surface area contributed by atoms with Gasteiger partial charge in [-0.3, -0.25) is 4.79 Å². The molecule has 1 aliphatic heterocycles. The van der Waals surface area contributed by atoms with Gasteiger partial charge < -0.3 is 9.42 Å². The van der Waals surface area contributed by atoms with Crippen molar-refractivity contribution in [3.8, 4) is 0 Å². The molecule has 0 spiro atoms. The fourth-order valence-corrected chi connectivity index (χ4v) is 4.63. The second kappa shape index (κ2) is 6.84. The zero-order valence-electron chi connectivity index (χ0n) is 14.2. The fourth-order valence-electron chi connectivity index (χ4n) is 3.81. The minimum absolute atomic E-state index is 0.132. The Morgan fingerprint density at radius 3 is 2.79 bits per heavy atom. The third-order valence-corrected chi connectivity index (χ3v) is 5.64. The highest BCUT2D eigenvalue weighted by molar-refractivity contribution is 7.88. The Hall–Kier alpha value is -1.41. The van der Waals surface area contributed by atoms with Crippen molar-refractivity contribution in [2.45, 2.75) is 51.5 Å². The van der Waals surface area contributed by atoms with Crippen molar-refractivity contribution >= 4 is 15.9 Å². The van der Waals surface area contributed by atoms with Crippen LogP contribution in [0.3, 0.4) is 0 Å². The van der Waals surface area contributed by atoms with E-state index in [-0.39, 0.29) is 17.9 Å². The lowest BCUT2D eigenvalue weighted by Crippen LogP contribution is -2.40. The third-order valence-electron chi connectivity index (χ3n) is 4.91. The van der Waals surface area contributed by atoms with Gasteiger partial charge in [0.15, 0.2) is 0 Å². The highest BCUT2D eigenvalue weighted by Crippen LogP contribution is 2.28. The molecule has 7 nitrogen and oxygen atoms in total. The number of hydrogen-bond acceptors (Lipinski definition) is 5. The summed E-state index contributed by atoms with van der Waals surface area (Å²) in [6.07, 6.45) is 6.81. The first-order valence-corrected chi connectivity index (χ1v) is 10.5. The van der Waals surface area contributed by atoms with Gasteiger partial charge in [0.1, 0.15) is 0 Å². The minimum Gasteiger partial charge on any atom is -0.350 e. The van der Waals surface area contributed by atoms with E-state index < -0.39 is 10.0 Å². The number of nitrogens with one attached hydrogen (secondary N) is 1. The summed E-state index contributed by atoms with van der Waals surface area (Å²) in [5.41, 5.74) is 1.84. The maximum absolute atomic E-state index is 12.9. The summed E-state index contributed by atoms with van der Waals surface area (Å²) < 4.78 is 31.2. The van der Waals surface area contributed by atoms with Crippen molar-refractivity contribution in [3.63, 3.8) is 0 Å². The molecular weight excluding hydrogens is 330 g/mol. The van der Waals surface area contributed by atoms with Crippen LogP contribution in [0.1, 0.15) is 54.4 Å². The molecule has 1 aromatic heterocycles. The van der Waals surface area contributed by atoms with Gasteiger partial charge in [-0.15, -0.1) is 0 Å². The van der Waals surface area contributed by atoms with Crippen LogP contribution in [0.4, 0.5) is 0 Å². The molecule has 2 aliphatic rings. The summed E-state index contributed by atoms with van der Waals surface area (Å²) in [7, 11) is -3.30. The number of amides is 1. The number of rotatable bonds is 5. The van der Waals surface area contributed by atoms with Gasteiger partial charge in [0.05, 0.1) is 11.9 Å². The Labute approximate surface area is 142 Å². The number of sulfonamides is 1. The molecule has 134 valence electrons. The van der Waals surface area contributed by atoms with Gasteiger partial charge in [-0.1, -0.05) is 18.5 Å². The average Bonchev–Trinajstić information content (AvgIpc) is 3.10. The highest BCUT2D eigenvalue weighted by Gasteiger charge is 2.38. The largest absolute Gasteiger partial charge is 0.350 e. The minimum atomic E-state index is -3.30. The van der Waals surface area contributed by atoms with Crippen molar-refractivity contribution in [2.75, 3.05) is 19.3 Å². The van der Waals surface area contributed by atoms with Crippen molar-refractivity contribution in [1.82, 2.24) is 14.8 Å². The molecule has 1 amide bonds. The van der Waals surface area contributed by atoms with Gasteiger partial charge >= 0.3 is 0 Å². The first kappa shape index (κ1) is 17.4. The number of hydrogen-bond donors (Lipinski definition) is 1. The molecule has 0 bridgehead atoms. The smallest absolute Gasteiger partial charge is 0.292 e. The van der Waals surface area contributed by atoms with E-state index in [1.165, 1.54) is 0 Å². The second-order valence-electron chi connectivity index (χ2n) is 6.90. The van der Waals surface area contributed by atoms with Crippen LogP contribution in [0.15, 0.2) is 4.52 Å². The van der Waals surface area contributed by atoms with E-state index in [4.69, 9.17) is 4.52 Å². The molecule has 1 aliphatic carbocycles. The standard InChI is InChI=1S/C16H25N3O4S/c1-3-6-11-9-19(10-14(11)18-24(2,21)22)16(20)15-12-7-4-5-8-13(12)17-23-15/h11,14,18H,3-10H2,1-2H3/t11-,14-/m1/s1. The molecule has 3 rings (SSSR count). The van der Waals surface area contributed by atoms with Crippen LogP contribution in [-0.2, 0) is 22.9 Å². The topological polar surface area (TPSA) is 92.5 Å². The van der Waals surface area contributed by atoms with Gasteiger partial charge in [0.2, 0.25) is 15.8 Å². The number of aryl methyl sites for hydroxylation is 1. The van der Waals surface area contributed by atoms with Crippen molar-refractivity contribution in [2.24, 2.45) is 5.92 Å². The molecule has 1 saturated heterocycles. The van der Waals surface area contributed by atoms with Crippen LogP contribution in [-0.4, -0.2) is 49.8 Å². The Balaban J connectivity index is 1.77. The van der Waals surface area contributed by atoms with Crippen molar-refractivity contribution in [3.05, 3.63) is 17.0 Å². The molecule has 0 radical (unpaired) electrons. The van der Waals surface area contributed by atoms with E-state index in [9.17, 15) is 13.2 Å². The number of aromatic nitrogens is 1. The van der Waals surface area contributed by atoms with Gasteiger partial charge in [0.25, 0.3) is 5.91 Å². The Bertz CT molecular complexity index is 713. The van der Waals surface area contributed by atoms with Gasteiger partial charge in [-0.05, 0) is 38.0 Å². The molecule has 8 heteroatoms. The first-order chi connectivity index (χ1) is 11.4. The van der Waals surface area contributed by atoms with Crippen LogP contribution in [0, 0.1) is 5.92 Å². The van der Waals surface area contributed by atoms with Crippen LogP contribution in [0.5, 0.6) is 0 Å². The number of carbonyl (C=O) groups is 1. The van der Waals surface area contributed by atoms with Gasteiger partial charge in [-0.25, -0.2) is 13.1 Å². The molecule has 1 N–H and O–H groups in total. The van der Waals surface area contributed by atoms with Crippen LogP contribution in [0.25, 0.3) is 0 Å². The lowest BCUT2D eigenvalue weighted by molar-refractivity contribution is 0.0742. The van der Waals surface area contributed by atoms with E-state index in [2.05, 4.69) is 16.8 Å². The van der Waals surface area contributed by atoms with Crippen LogP contribution < -0.4 is 4.72 Å². The number of nitrogens with zero attached hydrogens (tertiary/aromatic N) is 2. The summed E-state index contributed by atoms with van der Waals surface area (Å²) in [6.45, 7) is 3.00. The number of likely N-dealkylation sites (tertiary alicyclic amines) is 1. The predicted octanol–water partition coefficient (Wildman–Crippen LogP) is 1.34. The van der Waals surface area contributed by atoms with E-state index in [0.717, 1.165) is 56.0 Å². The van der Waals surface area contributed by atoms with Crippen LogP contribution >= 0.6 is 0 Å². The normalized spacial score (nSPS) is 24.2. The molecule has 1 aromatic rings. The molecule has 0 aromatic carbocycles. The monoisotopic (exact) mass is 355 g/mol. The summed E-state index contributed by atoms with van der Waals surface area (Å²) in [4.78, 5) is 14.6. The highest BCUT2D eigenvalue weighted by atomic mass is 32.2. The number of fused-ring (bicyclic) bond motifs is 1. The molecule has 24 heavy (non-hydrogen) atoms. The SMILES string of the molecule is CCC[C@@H]1CN(C(=O)c2onc3c2CCCC3)C[C@H]1NS(C)(=O)=O. The lowest BCUT2D eigenvalue weighted by Gasteiger charge is -2.17. The zero-order valence-corrected chi connectivity index (χ0v) is 15.1. The van der Waals surface area contributed by atoms with Crippen LogP contribution in [0.2, 0.25) is 0 Å². The summed E-state index contributed by atoms with van der Waals surface area (Å²) in [5, 5.41) is 4.05. The van der Waals surface area contributed by atoms with Crippen molar-refractivity contribution in [1.29, 1.82) is 0 Å². The predicted molar refractivity (Wildman–Crippen MR) is 89.2 cm³/mol. The van der Waals surface area contributed by atoms with Crippen molar-refractivity contribution < 1.29 is 17.7 Å². The van der Waals surface area contributed by atoms with E-state index in [1.807, 2.05) is 0 Å². The molecule has 0 unspecified atom stereocenters. The third kappa shape index (κ3) is 3.64. The molecule has 1 fully saturated rings. The summed E-state index contributed by atoms with van der Waals surface area (Å²) >= 11 is 0. The van der Waals surface area contributed by atoms with E-state index >= 15 is 0 Å². The maximum atomic E-state index is 12.9. The maximum Gasteiger partial charge on any atom is 0.292 e. The van der Waals surface area contributed by atoms with Gasteiger partial charge in [-0.2, -0.15) is 0 Å². The summed E-state index contributed by atoms with van der Waals surface area (Å²) in [6, 6.07) is -0.234. The molecule has 0 saturated carbocycles. The number of carbonyl (C=O) groups excluding carboxylic acids is 1. The van der Waals surface area contributed by atoms with E-state index in [0.29, 0.717) is 18.8 Å². The zero-order chi connectivity index (χ0) is 17.3. The fraction of sp³-hybridized carbons (Fsp3) is 0.750. The molecule has 2 atom stereocenters. The van der Waals surface area contributed by atoms with E-state index in [1.54, 1.807) is 4.90 Å².